The van der Waals surface area contributed by atoms with Gasteiger partial charge in [0.1, 0.15) is 0 Å². The molecule has 0 aromatic rings. The zero-order valence-corrected chi connectivity index (χ0v) is 16.7. The summed E-state index contributed by atoms with van der Waals surface area (Å²) in [6.07, 6.45) is 2.68. The molecule has 2 rings (SSSR count). The Morgan fingerprint density at radius 2 is 1.89 bits per heavy atom. The van der Waals surface area contributed by atoms with Crippen LogP contribution in [0.3, 0.4) is 0 Å². The molecule has 156 valence electrons. The largest absolute Gasteiger partial charge is 0.355 e. The number of rotatable bonds is 9. The number of amides is 3. The van der Waals surface area contributed by atoms with Crippen molar-refractivity contribution >= 4 is 23.7 Å². The van der Waals surface area contributed by atoms with Gasteiger partial charge in [-0.25, -0.2) is 4.79 Å². The van der Waals surface area contributed by atoms with Gasteiger partial charge < -0.3 is 15.5 Å². The van der Waals surface area contributed by atoms with Crippen LogP contribution in [0, 0.1) is 0 Å². The van der Waals surface area contributed by atoms with Gasteiger partial charge in [-0.1, -0.05) is 6.58 Å². The lowest BCUT2D eigenvalue weighted by atomic mass is 10.3. The molecule has 1 atom stereocenters. The Hall–Kier alpha value is -2.42. The van der Waals surface area contributed by atoms with E-state index in [-0.39, 0.29) is 56.1 Å². The monoisotopic (exact) mass is 403 g/mol. The highest BCUT2D eigenvalue weighted by atomic mass is 16.8. The molecule has 2 aliphatic rings. The Labute approximate surface area is 165 Å². The van der Waals surface area contributed by atoms with Crippen molar-refractivity contribution in [3.05, 3.63) is 12.3 Å². The lowest BCUT2D eigenvalue weighted by Gasteiger charge is -2.27. The lowest BCUT2D eigenvalue weighted by molar-refractivity contribution is -0.186. The summed E-state index contributed by atoms with van der Waals surface area (Å²) in [6.45, 7) is 9.07. The second-order valence-corrected chi connectivity index (χ2v) is 7.35. The van der Waals surface area contributed by atoms with E-state index >= 15 is 0 Å². The molecule has 28 heavy (non-hydrogen) atoms. The van der Waals surface area contributed by atoms with Gasteiger partial charge in [0, 0.05) is 32.0 Å². The molecule has 0 bridgehead atoms. The predicted octanol–water partition coefficient (Wildman–Crippen LogP) is 0.466. The third kappa shape index (κ3) is 6.05. The number of allylic oxidation sites excluding steroid dienone is 1. The third-order valence-electron chi connectivity index (χ3n) is 4.90. The first-order valence-corrected chi connectivity index (χ1v) is 9.81. The first-order valence-electron chi connectivity index (χ1n) is 9.81. The summed E-state index contributed by atoms with van der Waals surface area (Å²) in [5.74, 6) is -1.21. The van der Waals surface area contributed by atoms with E-state index in [1.807, 2.05) is 0 Å². The van der Waals surface area contributed by atoms with Crippen LogP contribution in [0.1, 0.15) is 52.4 Å². The highest BCUT2D eigenvalue weighted by Gasteiger charge is 2.32. The van der Waals surface area contributed by atoms with Crippen LogP contribution >= 0.6 is 0 Å². The van der Waals surface area contributed by atoms with Crippen LogP contribution < -0.4 is 10.6 Å². The Morgan fingerprint density at radius 1 is 1.18 bits per heavy atom. The van der Waals surface area contributed by atoms with Crippen LogP contribution in [0.4, 0.5) is 0 Å². The molecule has 0 aromatic carbocycles. The number of nitrogens with one attached hydrogen (secondary N) is 2. The van der Waals surface area contributed by atoms with Crippen molar-refractivity contribution in [2.45, 2.75) is 64.5 Å². The fraction of sp³-hybridized carbons (Fsp3) is 0.684. The second kappa shape index (κ2) is 10.2. The van der Waals surface area contributed by atoms with Crippen LogP contribution in [0.2, 0.25) is 0 Å². The normalized spacial score (nSPS) is 20.0. The predicted molar refractivity (Wildman–Crippen MR) is 101 cm³/mol. The van der Waals surface area contributed by atoms with E-state index in [1.165, 1.54) is 0 Å². The molecule has 0 saturated carbocycles. The minimum absolute atomic E-state index is 0.0434. The van der Waals surface area contributed by atoms with Crippen molar-refractivity contribution in [3.8, 4) is 0 Å². The Morgan fingerprint density at radius 3 is 2.54 bits per heavy atom. The van der Waals surface area contributed by atoms with E-state index in [0.29, 0.717) is 18.2 Å². The highest BCUT2D eigenvalue weighted by molar-refractivity contribution is 5.83. The topological polar surface area (TPSA) is 108 Å². The average Bonchev–Trinajstić information content (AvgIpc) is 3.24. The van der Waals surface area contributed by atoms with Crippen LogP contribution in [0.5, 0.6) is 0 Å². The summed E-state index contributed by atoms with van der Waals surface area (Å²) in [6, 6.07) is 0.190. The van der Waals surface area contributed by atoms with Gasteiger partial charge in [0.05, 0.1) is 18.2 Å². The molecule has 2 heterocycles. The van der Waals surface area contributed by atoms with Crippen molar-refractivity contribution < 1.29 is 24.0 Å². The van der Waals surface area contributed by atoms with Crippen molar-refractivity contribution in [3.63, 3.8) is 0 Å². The average molecular weight is 403 g/mol. The van der Waals surface area contributed by atoms with Crippen LogP contribution in [-0.2, 0) is 24.0 Å². The van der Waals surface area contributed by atoms with Crippen molar-refractivity contribution in [1.29, 1.82) is 0 Å². The summed E-state index contributed by atoms with van der Waals surface area (Å²) in [5, 5.41) is 6.33. The standard InChI is InChI=1S/C19H30N4O5/c1-13(2)22-12-4-5-15(22)19(27)21-10-8-16(24)20-11-9-18(26)28-23-14(3)6-7-17(23)25/h13,15H,3-12H2,1-2H3,(H,20,24)(H,21,27)/i4+1,5+1,12+1,13+1,15+1,16+1,18+1,21+1,22+1. The quantitative estimate of drug-likeness (QED) is 0.428. The zero-order chi connectivity index (χ0) is 20.7. The molecule has 9 nitrogen and oxygen atoms in total. The lowest BCUT2D eigenvalue weighted by Crippen LogP contribution is -2.46. The van der Waals surface area contributed by atoms with Gasteiger partial charge in [0.25, 0.3) is 5.91 Å². The van der Waals surface area contributed by atoms with Crippen molar-refractivity contribution in [1.82, 2.24) is 20.6 Å². The number of hydroxylamine groups is 2. The molecule has 0 aromatic heterocycles. The maximum Gasteiger partial charge on any atom is 0.334 e. The van der Waals surface area contributed by atoms with E-state index in [4.69, 9.17) is 4.84 Å². The molecule has 1 unspecified atom stereocenters. The maximum absolute atomic E-state index is 12.3. The molecular weight excluding hydrogens is 373 g/mol. The van der Waals surface area contributed by atoms with Crippen LogP contribution in [-0.4, -0.2) is 65.4 Å². The SMILES string of the molecule is C=C1CCC(=O)N1O[13C](=O)CCN[13C](=O)CC[15NH]C(=O)[13CH]1[13CH2][13CH2][13CH2][15N]1[13CH](C)C. The van der Waals surface area contributed by atoms with Gasteiger partial charge >= 0.3 is 5.97 Å². The second-order valence-electron chi connectivity index (χ2n) is 7.35. The first kappa shape index (κ1) is 21.9. The van der Waals surface area contributed by atoms with E-state index in [0.717, 1.165) is 24.4 Å². The number of hydrogen-bond acceptors (Lipinski definition) is 6. The van der Waals surface area contributed by atoms with E-state index in [9.17, 15) is 19.2 Å². The molecule has 9 heteroatoms. The molecule has 2 aliphatic heterocycles. The van der Waals surface area contributed by atoms with Gasteiger partial charge in [-0.05, 0) is 39.7 Å². The minimum Gasteiger partial charge on any atom is -0.355 e. The van der Waals surface area contributed by atoms with Gasteiger partial charge in [-0.3, -0.25) is 19.3 Å². The minimum atomic E-state index is -0.611. The number of carbonyl (C=O) groups is 4. The summed E-state index contributed by atoms with van der Waals surface area (Å²) in [4.78, 5) is 54.5. The third-order valence-corrected chi connectivity index (χ3v) is 4.90. The summed E-state index contributed by atoms with van der Waals surface area (Å²) < 4.78 is 0. The van der Waals surface area contributed by atoms with Gasteiger partial charge in [0.15, 0.2) is 0 Å². The molecule has 0 aliphatic carbocycles. The fourth-order valence-corrected chi connectivity index (χ4v) is 3.39. The number of likely N-dealkylation sites (tertiary alicyclic amines) is 1. The summed E-state index contributed by atoms with van der Waals surface area (Å²) in [5.41, 5.74) is 0.455. The number of hydrogen-bond donors (Lipinski definition) is 2. The fourth-order valence-electron chi connectivity index (χ4n) is 3.39. The number of nitrogens with zero attached hydrogens (tertiary/aromatic N) is 2. The molecular formula is C19H30N4O5. The van der Waals surface area contributed by atoms with Gasteiger partial charge in [-0.2, -0.15) is 0 Å². The van der Waals surface area contributed by atoms with Gasteiger partial charge in [0.2, 0.25) is 11.8 Å². The van der Waals surface area contributed by atoms with Crippen LogP contribution in [0.25, 0.3) is 0 Å². The molecule has 0 spiro atoms. The molecule has 0 radical (unpaired) electrons. The van der Waals surface area contributed by atoms with Gasteiger partial charge in [-0.15, -0.1) is 5.06 Å². The molecule has 2 N–H and O–H groups in total. The molecule has 3 amide bonds. The molecule has 2 saturated heterocycles. The number of carbonyl (C=O) groups excluding carboxylic acids is 4. The molecule has 2 fully saturated rings. The Bertz CT molecular complexity index is 618. The highest BCUT2D eigenvalue weighted by Crippen LogP contribution is 2.21. The summed E-state index contributed by atoms with van der Waals surface area (Å²) >= 11 is 0. The van der Waals surface area contributed by atoms with E-state index < -0.39 is 5.97 Å². The van der Waals surface area contributed by atoms with Crippen molar-refractivity contribution in [2.75, 3.05) is 19.6 Å². The smallest absolute Gasteiger partial charge is 0.334 e. The van der Waals surface area contributed by atoms with Crippen molar-refractivity contribution in [2.24, 2.45) is 0 Å². The zero-order valence-electron chi connectivity index (χ0n) is 16.7. The van der Waals surface area contributed by atoms with E-state index in [2.05, 4.69) is 36.0 Å². The maximum atomic E-state index is 12.3. The van der Waals surface area contributed by atoms with E-state index in [1.54, 1.807) is 0 Å². The van der Waals surface area contributed by atoms with Crippen LogP contribution in [0.15, 0.2) is 12.3 Å². The Balaban J connectivity index is 1.58. The first-order chi connectivity index (χ1) is 13.3. The Kier molecular flexibility index (Phi) is 7.98. The summed E-state index contributed by atoms with van der Waals surface area (Å²) in [7, 11) is 0.